The van der Waals surface area contributed by atoms with Gasteiger partial charge in [0.2, 0.25) is 0 Å². The summed E-state index contributed by atoms with van der Waals surface area (Å²) < 4.78 is 17.2. The molecule has 0 fully saturated rings. The Morgan fingerprint density at radius 1 is 1.04 bits per heavy atom. The second-order valence-electron chi connectivity index (χ2n) is 14.5. The Morgan fingerprint density at radius 3 is 2.43 bits per heavy atom. The predicted molar refractivity (Wildman–Crippen MR) is 205 cm³/mol. The van der Waals surface area contributed by atoms with E-state index in [1.165, 1.54) is 14.2 Å². The number of methoxy groups -OCH3 is 2. The summed E-state index contributed by atoms with van der Waals surface area (Å²) in [4.78, 5) is 39.8. The van der Waals surface area contributed by atoms with Crippen molar-refractivity contribution in [2.24, 2.45) is 15.9 Å². The topological polar surface area (TPSA) is 114 Å². The minimum absolute atomic E-state index is 0.150. The van der Waals surface area contributed by atoms with Crippen molar-refractivity contribution in [1.82, 2.24) is 10.3 Å². The van der Waals surface area contributed by atoms with E-state index in [-0.39, 0.29) is 36.8 Å². The number of ether oxygens (including phenoxy) is 3. The van der Waals surface area contributed by atoms with E-state index in [1.54, 1.807) is 0 Å². The second-order valence-corrected chi connectivity index (χ2v) is 14.5. The van der Waals surface area contributed by atoms with Gasteiger partial charge in [0, 0.05) is 36.1 Å². The molecule has 8 bridgehead atoms. The van der Waals surface area contributed by atoms with Gasteiger partial charge in [-0.05, 0) is 112 Å². The summed E-state index contributed by atoms with van der Waals surface area (Å²) in [7, 11) is 2.83. The zero-order chi connectivity index (χ0) is 37.0. The first-order valence-electron chi connectivity index (χ1n) is 18.4. The number of rotatable bonds is 14. The van der Waals surface area contributed by atoms with Gasteiger partial charge < -0.3 is 19.2 Å². The zero-order valence-corrected chi connectivity index (χ0v) is 31.8. The number of hydrogen-bond donors (Lipinski definition) is 2. The standard InChI is InChI=1S/C42H56N4O5/c1-10-12-13-14-23-51-30(6)42-28(4)35(11-2)40(7,46-42)26-34-18-17-32(44-34)24-31-15-16-33(43-31)25-37-27(3)36(19-20-38(47)49-8)41(45-37,29(42)5)22-21-39(48)50-9/h11,15-18,24-26,29-30,43,46H,2,10,12-14,19-23H2,1,3-9H3/b31-24-,33-25-,34-26-. The molecule has 4 aliphatic heterocycles. The summed E-state index contributed by atoms with van der Waals surface area (Å²) in [5.41, 5.74) is 4.33. The quantitative estimate of drug-likeness (QED) is 0.179. The molecular weight excluding hydrogens is 640 g/mol. The van der Waals surface area contributed by atoms with Crippen molar-refractivity contribution in [2.45, 2.75) is 116 Å². The molecule has 0 radical (unpaired) electrons. The number of carbonyl (C=O) groups excluding carboxylic acids is 2. The molecule has 51 heavy (non-hydrogen) atoms. The first kappa shape index (κ1) is 38.2. The average Bonchev–Trinajstić information content (AvgIpc) is 3.86. The number of carbonyl (C=O) groups is 2. The number of aliphatic imine (C=N–C) groups is 2. The van der Waals surface area contributed by atoms with E-state index in [2.05, 4.69) is 70.6 Å². The molecule has 5 rings (SSSR count). The highest BCUT2D eigenvalue weighted by molar-refractivity contribution is 6.22. The largest absolute Gasteiger partial charge is 0.469 e. The van der Waals surface area contributed by atoms with Crippen LogP contribution in [0.1, 0.15) is 92.9 Å². The van der Waals surface area contributed by atoms with E-state index in [1.807, 2.05) is 36.4 Å². The highest BCUT2D eigenvalue weighted by atomic mass is 16.5. The molecule has 4 aliphatic rings. The minimum atomic E-state index is -0.909. The third-order valence-electron chi connectivity index (χ3n) is 11.5. The Hall–Kier alpha value is -4.08. The normalized spacial score (nSPS) is 29.7. The van der Waals surface area contributed by atoms with E-state index in [4.69, 9.17) is 24.2 Å². The number of nitrogens with zero attached hydrogens (tertiary/aromatic N) is 2. The molecule has 1 aromatic heterocycles. The number of aromatic nitrogens is 1. The molecule has 0 amide bonds. The molecule has 0 aliphatic carbocycles. The van der Waals surface area contributed by atoms with Gasteiger partial charge in [-0.25, -0.2) is 4.99 Å². The van der Waals surface area contributed by atoms with Crippen LogP contribution in [0, 0.1) is 5.92 Å². The molecule has 1 aromatic rings. The molecule has 5 unspecified atom stereocenters. The van der Waals surface area contributed by atoms with Crippen LogP contribution in [0.5, 0.6) is 0 Å². The van der Waals surface area contributed by atoms with Gasteiger partial charge in [-0.15, -0.1) is 0 Å². The van der Waals surface area contributed by atoms with Gasteiger partial charge in [-0.2, -0.15) is 0 Å². The summed E-state index contributed by atoms with van der Waals surface area (Å²) in [6.07, 6.45) is 17.5. The number of nitrogens with one attached hydrogen (secondary N) is 2. The van der Waals surface area contributed by atoms with E-state index < -0.39 is 16.6 Å². The molecular formula is C42H56N4O5. The van der Waals surface area contributed by atoms with Gasteiger partial charge >= 0.3 is 11.9 Å². The highest BCUT2D eigenvalue weighted by Crippen LogP contribution is 2.54. The van der Waals surface area contributed by atoms with E-state index in [0.717, 1.165) is 75.8 Å². The number of esters is 2. The molecule has 0 spiro atoms. The fourth-order valence-corrected chi connectivity index (χ4v) is 8.82. The fourth-order valence-electron chi connectivity index (χ4n) is 8.82. The molecule has 274 valence electrons. The van der Waals surface area contributed by atoms with Crippen molar-refractivity contribution in [1.29, 1.82) is 0 Å². The van der Waals surface area contributed by atoms with Crippen molar-refractivity contribution in [2.75, 3.05) is 20.8 Å². The van der Waals surface area contributed by atoms with Crippen LogP contribution in [0.2, 0.25) is 0 Å². The van der Waals surface area contributed by atoms with Gasteiger partial charge in [-0.3, -0.25) is 19.9 Å². The Labute approximate surface area is 303 Å². The van der Waals surface area contributed by atoms with Crippen molar-refractivity contribution in [3.05, 3.63) is 81.7 Å². The van der Waals surface area contributed by atoms with Gasteiger partial charge in [0.25, 0.3) is 0 Å². The van der Waals surface area contributed by atoms with Crippen LogP contribution >= 0.6 is 0 Å². The lowest BCUT2D eigenvalue weighted by atomic mass is 9.62. The lowest BCUT2D eigenvalue weighted by Gasteiger charge is -2.51. The van der Waals surface area contributed by atoms with Crippen LogP contribution in [-0.4, -0.2) is 71.9 Å². The Kier molecular flexibility index (Phi) is 11.7. The summed E-state index contributed by atoms with van der Waals surface area (Å²) in [5.74, 6) is -0.881. The van der Waals surface area contributed by atoms with Crippen LogP contribution in [0.4, 0.5) is 0 Å². The van der Waals surface area contributed by atoms with Gasteiger partial charge in [0.05, 0.1) is 54.1 Å². The Bertz CT molecular complexity index is 1860. The molecule has 9 heteroatoms. The van der Waals surface area contributed by atoms with Crippen LogP contribution in [0.3, 0.4) is 0 Å². The summed E-state index contributed by atoms with van der Waals surface area (Å²) in [5, 5.41) is 5.96. The summed E-state index contributed by atoms with van der Waals surface area (Å²) >= 11 is 0. The number of allylic oxidation sites excluding steroid dienone is 3. The third kappa shape index (κ3) is 7.33. The fraction of sp³-hybridized carbons (Fsp3) is 0.524. The Balaban J connectivity index is 1.81. The molecule has 0 saturated heterocycles. The molecule has 2 N–H and O–H groups in total. The van der Waals surface area contributed by atoms with Gasteiger partial charge in [-0.1, -0.05) is 45.8 Å². The molecule has 0 saturated carbocycles. The van der Waals surface area contributed by atoms with Crippen molar-refractivity contribution >= 4 is 35.5 Å². The third-order valence-corrected chi connectivity index (χ3v) is 11.5. The van der Waals surface area contributed by atoms with Gasteiger partial charge in [0.15, 0.2) is 0 Å². The summed E-state index contributed by atoms with van der Waals surface area (Å²) in [6, 6.07) is 4.06. The molecule has 5 heterocycles. The molecule has 5 atom stereocenters. The van der Waals surface area contributed by atoms with Crippen LogP contribution in [0.25, 0.3) is 12.2 Å². The number of aromatic amines is 1. The highest BCUT2D eigenvalue weighted by Gasteiger charge is 2.61. The smallest absolute Gasteiger partial charge is 0.305 e. The number of unbranched alkanes of at least 4 members (excludes halogenated alkanes) is 3. The van der Waals surface area contributed by atoms with E-state index >= 15 is 0 Å². The van der Waals surface area contributed by atoms with Crippen molar-refractivity contribution in [3.63, 3.8) is 0 Å². The first-order valence-corrected chi connectivity index (χ1v) is 18.4. The monoisotopic (exact) mass is 696 g/mol. The maximum Gasteiger partial charge on any atom is 0.305 e. The lowest BCUT2D eigenvalue weighted by Crippen LogP contribution is -2.66. The van der Waals surface area contributed by atoms with Crippen LogP contribution < -0.4 is 16.0 Å². The van der Waals surface area contributed by atoms with Crippen molar-refractivity contribution < 1.29 is 23.8 Å². The van der Waals surface area contributed by atoms with Crippen molar-refractivity contribution in [3.8, 4) is 0 Å². The van der Waals surface area contributed by atoms with E-state index in [9.17, 15) is 9.59 Å². The molecule has 9 nitrogen and oxygen atoms in total. The minimum Gasteiger partial charge on any atom is -0.469 e. The SMILES string of the molecule is C=CC1=C(C)C2(C(C)OCCCCCC)NC1(C)/C=C1/C=CC(=N1)/C=c1/cc/c([nH]1)=C/C1=NC(CCC(=O)OC)(C(CCC(=O)OC)=C1C)C2C. The first-order chi connectivity index (χ1) is 24.4. The average molecular weight is 697 g/mol. The maximum atomic E-state index is 13.0. The number of H-pyrrole nitrogens is 1. The zero-order valence-electron chi connectivity index (χ0n) is 31.8. The predicted octanol–water partition coefficient (Wildman–Crippen LogP) is 6.13. The van der Waals surface area contributed by atoms with Crippen LogP contribution in [0.15, 0.2) is 81.0 Å². The Morgan fingerprint density at radius 2 is 1.75 bits per heavy atom. The van der Waals surface area contributed by atoms with Crippen LogP contribution in [-0.2, 0) is 23.8 Å². The van der Waals surface area contributed by atoms with Gasteiger partial charge in [0.1, 0.15) is 0 Å². The number of fused-ring (bicyclic) bond motifs is 6. The molecule has 0 aromatic carbocycles. The number of hydrogen-bond acceptors (Lipinski definition) is 8. The lowest BCUT2D eigenvalue weighted by molar-refractivity contribution is -0.142. The maximum absolute atomic E-state index is 13.0. The van der Waals surface area contributed by atoms with E-state index in [0.29, 0.717) is 19.4 Å². The summed E-state index contributed by atoms with van der Waals surface area (Å²) in [6.45, 7) is 17.9. The second kappa shape index (κ2) is 15.7.